The second-order valence-corrected chi connectivity index (χ2v) is 7.09. The Kier molecular flexibility index (Phi) is 3.49. The van der Waals surface area contributed by atoms with Gasteiger partial charge in [-0.15, -0.1) is 16.4 Å². The van der Waals surface area contributed by atoms with E-state index >= 15 is 0 Å². The third kappa shape index (κ3) is 2.34. The van der Waals surface area contributed by atoms with Gasteiger partial charge < -0.3 is 10.6 Å². The van der Waals surface area contributed by atoms with Crippen molar-refractivity contribution in [2.24, 2.45) is 0 Å². The molecule has 0 saturated carbocycles. The normalized spacial score (nSPS) is 20.8. The summed E-state index contributed by atoms with van der Waals surface area (Å²) in [6.07, 6.45) is 3.77. The van der Waals surface area contributed by atoms with Crippen molar-refractivity contribution >= 4 is 28.7 Å². The van der Waals surface area contributed by atoms with Crippen molar-refractivity contribution in [1.29, 1.82) is 0 Å². The third-order valence-corrected chi connectivity index (χ3v) is 5.29. The van der Waals surface area contributed by atoms with Crippen LogP contribution in [0.1, 0.15) is 37.0 Å². The summed E-state index contributed by atoms with van der Waals surface area (Å²) >= 11 is 1.46. The van der Waals surface area contributed by atoms with E-state index in [1.807, 2.05) is 10.3 Å². The van der Waals surface area contributed by atoms with Gasteiger partial charge in [0, 0.05) is 29.2 Å². The lowest BCUT2D eigenvalue weighted by molar-refractivity contribution is 0.0693. The molecule has 0 bridgehead atoms. The maximum atomic E-state index is 12.9. The summed E-state index contributed by atoms with van der Waals surface area (Å²) in [6, 6.07) is 3.91. The van der Waals surface area contributed by atoms with Crippen molar-refractivity contribution in [1.82, 2.24) is 24.5 Å². The predicted molar refractivity (Wildman–Crippen MR) is 92.8 cm³/mol. The molecule has 4 rings (SSSR count). The third-order valence-electron chi connectivity index (χ3n) is 4.52. The first-order chi connectivity index (χ1) is 11.5. The van der Waals surface area contributed by atoms with E-state index in [9.17, 15) is 4.79 Å². The maximum absolute atomic E-state index is 12.9. The second kappa shape index (κ2) is 5.55. The van der Waals surface area contributed by atoms with Gasteiger partial charge in [0.05, 0.1) is 0 Å². The molecule has 3 aromatic heterocycles. The molecule has 4 heterocycles. The van der Waals surface area contributed by atoms with Gasteiger partial charge in [-0.2, -0.15) is 4.52 Å². The summed E-state index contributed by atoms with van der Waals surface area (Å²) in [4.78, 5) is 23.5. The number of pyridine rings is 1. The number of likely N-dealkylation sites (tertiary alicyclic amines) is 1. The number of hydrogen-bond acceptors (Lipinski definition) is 6. The Bertz CT molecular complexity index is 893. The molecule has 3 aromatic rings. The Labute approximate surface area is 143 Å². The van der Waals surface area contributed by atoms with Crippen LogP contribution in [0.15, 0.2) is 23.7 Å². The Morgan fingerprint density at radius 1 is 1.29 bits per heavy atom. The zero-order chi connectivity index (χ0) is 16.8. The molecule has 0 radical (unpaired) electrons. The standard InChI is InChI=1S/C16H18N6OS/c1-9-3-4-10(2)21(9)16(23)11-7-12(17)22-13(8-11)19-14(20-22)15-18-5-6-24-15/h5-10H,3-4,17H2,1-2H3. The van der Waals surface area contributed by atoms with E-state index in [2.05, 4.69) is 28.9 Å². The van der Waals surface area contributed by atoms with E-state index in [-0.39, 0.29) is 18.0 Å². The fraction of sp³-hybridized carbons (Fsp3) is 0.375. The number of amides is 1. The molecule has 124 valence electrons. The van der Waals surface area contributed by atoms with Crippen molar-refractivity contribution in [3.05, 3.63) is 29.3 Å². The predicted octanol–water partition coefficient (Wildman–Crippen LogP) is 2.45. The van der Waals surface area contributed by atoms with Crippen LogP contribution in [0.4, 0.5) is 5.82 Å². The number of thiazole rings is 1. The molecule has 8 heteroatoms. The molecule has 1 amide bonds. The first-order valence-electron chi connectivity index (χ1n) is 7.93. The molecule has 1 saturated heterocycles. The van der Waals surface area contributed by atoms with E-state index in [1.54, 1.807) is 22.8 Å². The van der Waals surface area contributed by atoms with Gasteiger partial charge in [0.2, 0.25) is 5.82 Å². The Hall–Kier alpha value is -2.48. The zero-order valence-corrected chi connectivity index (χ0v) is 14.3. The maximum Gasteiger partial charge on any atom is 0.254 e. The molecule has 1 fully saturated rings. The van der Waals surface area contributed by atoms with Gasteiger partial charge in [-0.25, -0.2) is 9.97 Å². The monoisotopic (exact) mass is 342 g/mol. The smallest absolute Gasteiger partial charge is 0.254 e. The van der Waals surface area contributed by atoms with Crippen LogP contribution in [-0.4, -0.2) is 42.5 Å². The summed E-state index contributed by atoms with van der Waals surface area (Å²) < 4.78 is 1.55. The molecule has 24 heavy (non-hydrogen) atoms. The number of nitrogens with two attached hydrogens (primary N) is 1. The number of anilines is 1. The topological polar surface area (TPSA) is 89.4 Å². The lowest BCUT2D eigenvalue weighted by Gasteiger charge is -2.26. The lowest BCUT2D eigenvalue weighted by atomic mass is 10.2. The zero-order valence-electron chi connectivity index (χ0n) is 13.5. The minimum Gasteiger partial charge on any atom is -0.384 e. The van der Waals surface area contributed by atoms with Crippen LogP contribution in [0.3, 0.4) is 0 Å². The average Bonchev–Trinajstić information content (AvgIpc) is 3.26. The lowest BCUT2D eigenvalue weighted by Crippen LogP contribution is -2.38. The molecular formula is C16H18N6OS. The minimum atomic E-state index is 0.000462. The molecule has 2 unspecified atom stereocenters. The number of aromatic nitrogens is 4. The van der Waals surface area contributed by atoms with Crippen LogP contribution in [-0.2, 0) is 0 Å². The van der Waals surface area contributed by atoms with Gasteiger partial charge in [0.25, 0.3) is 5.91 Å². The van der Waals surface area contributed by atoms with Crippen LogP contribution >= 0.6 is 11.3 Å². The molecule has 0 aromatic carbocycles. The molecule has 2 atom stereocenters. The fourth-order valence-corrected chi connectivity index (χ4v) is 3.87. The summed E-state index contributed by atoms with van der Waals surface area (Å²) in [5, 5.41) is 6.99. The van der Waals surface area contributed by atoms with E-state index in [4.69, 9.17) is 5.73 Å². The van der Waals surface area contributed by atoms with Gasteiger partial charge >= 0.3 is 0 Å². The quantitative estimate of drug-likeness (QED) is 0.772. The van der Waals surface area contributed by atoms with Crippen LogP contribution in [0.2, 0.25) is 0 Å². The fourth-order valence-electron chi connectivity index (χ4n) is 3.30. The molecule has 2 N–H and O–H groups in total. The van der Waals surface area contributed by atoms with Crippen molar-refractivity contribution in [2.75, 3.05) is 5.73 Å². The van der Waals surface area contributed by atoms with Crippen LogP contribution in [0.25, 0.3) is 16.5 Å². The van der Waals surface area contributed by atoms with Gasteiger partial charge in [0.15, 0.2) is 10.7 Å². The molecular weight excluding hydrogens is 324 g/mol. The largest absolute Gasteiger partial charge is 0.384 e. The Morgan fingerprint density at radius 3 is 2.71 bits per heavy atom. The van der Waals surface area contributed by atoms with Crippen molar-refractivity contribution < 1.29 is 4.79 Å². The Balaban J connectivity index is 1.76. The summed E-state index contributed by atoms with van der Waals surface area (Å²) in [5.41, 5.74) is 7.21. The number of carbonyl (C=O) groups is 1. The van der Waals surface area contributed by atoms with Gasteiger partial charge in [-0.05, 0) is 38.8 Å². The number of nitrogen functional groups attached to an aromatic ring is 1. The number of hydrogen-bond donors (Lipinski definition) is 1. The SMILES string of the molecule is CC1CCC(C)N1C(=O)c1cc(N)n2nc(-c3nccs3)nc2c1. The van der Waals surface area contributed by atoms with E-state index in [0.29, 0.717) is 22.9 Å². The minimum absolute atomic E-state index is 0.000462. The molecule has 7 nitrogen and oxygen atoms in total. The highest BCUT2D eigenvalue weighted by molar-refractivity contribution is 7.13. The molecule has 0 aliphatic carbocycles. The number of nitrogens with zero attached hydrogens (tertiary/aromatic N) is 5. The van der Waals surface area contributed by atoms with Gasteiger partial charge in [-0.3, -0.25) is 4.79 Å². The van der Waals surface area contributed by atoms with Crippen molar-refractivity contribution in [3.63, 3.8) is 0 Å². The number of fused-ring (bicyclic) bond motifs is 1. The van der Waals surface area contributed by atoms with Crippen LogP contribution < -0.4 is 5.73 Å². The highest BCUT2D eigenvalue weighted by Gasteiger charge is 2.32. The highest BCUT2D eigenvalue weighted by atomic mass is 32.1. The molecule has 0 spiro atoms. The summed E-state index contributed by atoms with van der Waals surface area (Å²) in [6.45, 7) is 4.17. The first kappa shape index (κ1) is 15.1. The summed E-state index contributed by atoms with van der Waals surface area (Å²) in [5.74, 6) is 0.912. The first-order valence-corrected chi connectivity index (χ1v) is 8.81. The molecule has 1 aliphatic rings. The van der Waals surface area contributed by atoms with Crippen LogP contribution in [0.5, 0.6) is 0 Å². The van der Waals surface area contributed by atoms with Crippen LogP contribution in [0, 0.1) is 0 Å². The van der Waals surface area contributed by atoms with E-state index in [1.165, 1.54) is 11.3 Å². The Morgan fingerprint density at radius 2 is 2.04 bits per heavy atom. The summed E-state index contributed by atoms with van der Waals surface area (Å²) in [7, 11) is 0. The van der Waals surface area contributed by atoms with Gasteiger partial charge in [0.1, 0.15) is 5.82 Å². The van der Waals surface area contributed by atoms with Crippen molar-refractivity contribution in [3.8, 4) is 10.8 Å². The second-order valence-electron chi connectivity index (χ2n) is 6.20. The van der Waals surface area contributed by atoms with Gasteiger partial charge in [-0.1, -0.05) is 0 Å². The molecule has 1 aliphatic heterocycles. The highest BCUT2D eigenvalue weighted by Crippen LogP contribution is 2.27. The van der Waals surface area contributed by atoms with Crippen molar-refractivity contribution in [2.45, 2.75) is 38.8 Å². The van der Waals surface area contributed by atoms with E-state index < -0.39 is 0 Å². The average molecular weight is 342 g/mol. The number of carbonyl (C=O) groups excluding carboxylic acids is 1. The number of rotatable bonds is 2. The van der Waals surface area contributed by atoms with E-state index in [0.717, 1.165) is 17.8 Å².